The number of fused-ring (bicyclic) bond motifs is 1. The van der Waals surface area contributed by atoms with E-state index in [2.05, 4.69) is 10.3 Å². The molecule has 4 rings (SSSR count). The van der Waals surface area contributed by atoms with Crippen LogP contribution in [0.25, 0.3) is 22.4 Å². The maximum Gasteiger partial charge on any atom is 0.339 e. The molecule has 0 aliphatic rings. The van der Waals surface area contributed by atoms with Crippen LogP contribution in [0.4, 0.5) is 5.69 Å². The molecule has 0 radical (unpaired) electrons. The Morgan fingerprint density at radius 2 is 1.79 bits per heavy atom. The Balaban J connectivity index is 1.40. The normalized spacial score (nSPS) is 10.6. The number of esters is 1. The van der Waals surface area contributed by atoms with E-state index < -0.39 is 18.5 Å². The number of ether oxygens (including phenoxy) is 1. The first-order valence-electron chi connectivity index (χ1n) is 10.6. The van der Waals surface area contributed by atoms with Crippen LogP contribution >= 0.6 is 0 Å². The Bertz CT molecular complexity index is 1330. The average molecular weight is 457 g/mol. The van der Waals surface area contributed by atoms with Crippen LogP contribution < -0.4 is 5.32 Å². The SMILES string of the molecule is Cc1ccc(NC(=O)CN(C)C(=O)COC(=O)c2cc(-c3ccco3)nc3ccccc23)cc1. The third-order valence-corrected chi connectivity index (χ3v) is 5.18. The van der Waals surface area contributed by atoms with Crippen molar-refractivity contribution < 1.29 is 23.5 Å². The summed E-state index contributed by atoms with van der Waals surface area (Å²) in [4.78, 5) is 43.3. The van der Waals surface area contributed by atoms with E-state index >= 15 is 0 Å². The van der Waals surface area contributed by atoms with Gasteiger partial charge < -0.3 is 19.4 Å². The molecule has 2 aromatic carbocycles. The molecule has 0 atom stereocenters. The number of amides is 2. The van der Waals surface area contributed by atoms with Crippen LogP contribution in [0.1, 0.15) is 15.9 Å². The van der Waals surface area contributed by atoms with Gasteiger partial charge in [0, 0.05) is 18.1 Å². The minimum atomic E-state index is -0.669. The van der Waals surface area contributed by atoms with Crippen LogP contribution in [-0.4, -0.2) is 47.9 Å². The summed E-state index contributed by atoms with van der Waals surface area (Å²) in [7, 11) is 1.47. The van der Waals surface area contributed by atoms with Crippen LogP contribution in [0.5, 0.6) is 0 Å². The smallest absolute Gasteiger partial charge is 0.339 e. The number of likely N-dealkylation sites (N-methyl/N-ethyl adjacent to an activating group) is 1. The molecule has 172 valence electrons. The molecule has 1 N–H and O–H groups in total. The quantitative estimate of drug-likeness (QED) is 0.420. The first kappa shape index (κ1) is 22.7. The zero-order chi connectivity index (χ0) is 24.1. The van der Waals surface area contributed by atoms with Gasteiger partial charge in [0.05, 0.1) is 23.9 Å². The fourth-order valence-electron chi connectivity index (χ4n) is 3.35. The number of benzene rings is 2. The minimum Gasteiger partial charge on any atom is -0.463 e. The van der Waals surface area contributed by atoms with Crippen LogP contribution in [-0.2, 0) is 14.3 Å². The Morgan fingerprint density at radius 3 is 2.53 bits per heavy atom. The number of hydrogen-bond acceptors (Lipinski definition) is 6. The Labute approximate surface area is 196 Å². The van der Waals surface area contributed by atoms with Crippen molar-refractivity contribution in [1.29, 1.82) is 0 Å². The van der Waals surface area contributed by atoms with Crippen molar-refractivity contribution in [1.82, 2.24) is 9.88 Å². The summed E-state index contributed by atoms with van der Waals surface area (Å²) in [6.07, 6.45) is 1.52. The minimum absolute atomic E-state index is 0.176. The highest BCUT2D eigenvalue weighted by molar-refractivity contribution is 6.05. The highest BCUT2D eigenvalue weighted by atomic mass is 16.5. The number of pyridine rings is 1. The lowest BCUT2D eigenvalue weighted by Crippen LogP contribution is -2.37. The van der Waals surface area contributed by atoms with E-state index in [1.165, 1.54) is 18.2 Å². The van der Waals surface area contributed by atoms with Gasteiger partial charge in [-0.2, -0.15) is 0 Å². The number of rotatable bonds is 7. The van der Waals surface area contributed by atoms with Crippen molar-refractivity contribution in [3.8, 4) is 11.5 Å². The molecular weight excluding hydrogens is 434 g/mol. The highest BCUT2D eigenvalue weighted by Gasteiger charge is 2.19. The summed E-state index contributed by atoms with van der Waals surface area (Å²) >= 11 is 0. The van der Waals surface area contributed by atoms with E-state index in [1.54, 1.807) is 48.5 Å². The van der Waals surface area contributed by atoms with Gasteiger partial charge in [-0.3, -0.25) is 9.59 Å². The molecule has 34 heavy (non-hydrogen) atoms. The molecule has 2 heterocycles. The van der Waals surface area contributed by atoms with Crippen molar-refractivity contribution in [2.75, 3.05) is 25.5 Å². The molecule has 2 aromatic heterocycles. The number of furan rings is 1. The second kappa shape index (κ2) is 9.99. The van der Waals surface area contributed by atoms with Gasteiger partial charge in [-0.25, -0.2) is 9.78 Å². The van der Waals surface area contributed by atoms with Gasteiger partial charge in [0.25, 0.3) is 5.91 Å². The summed E-state index contributed by atoms with van der Waals surface area (Å²) in [5.41, 5.74) is 3.06. The molecule has 0 bridgehead atoms. The number of nitrogens with one attached hydrogen (secondary N) is 1. The van der Waals surface area contributed by atoms with Crippen LogP contribution in [0.15, 0.2) is 77.4 Å². The first-order chi connectivity index (χ1) is 16.4. The molecule has 0 aliphatic heterocycles. The van der Waals surface area contributed by atoms with Crippen LogP contribution in [0.3, 0.4) is 0 Å². The molecule has 4 aromatic rings. The first-order valence-corrected chi connectivity index (χ1v) is 10.6. The number of aromatic nitrogens is 1. The second-order valence-electron chi connectivity index (χ2n) is 7.79. The van der Waals surface area contributed by atoms with Crippen LogP contribution in [0, 0.1) is 6.92 Å². The monoisotopic (exact) mass is 457 g/mol. The molecule has 0 saturated carbocycles. The summed E-state index contributed by atoms with van der Waals surface area (Å²) in [5.74, 6) is -1.02. The van der Waals surface area contributed by atoms with E-state index in [1.807, 2.05) is 25.1 Å². The maximum atomic E-state index is 12.9. The van der Waals surface area contributed by atoms with Crippen molar-refractivity contribution in [2.45, 2.75) is 6.92 Å². The molecular formula is C26H23N3O5. The molecule has 0 saturated heterocycles. The predicted octanol–water partition coefficient (Wildman–Crippen LogP) is 4.06. The zero-order valence-corrected chi connectivity index (χ0v) is 18.8. The number of aryl methyl sites for hydroxylation is 1. The van der Waals surface area contributed by atoms with Gasteiger partial charge in [0.1, 0.15) is 5.69 Å². The summed E-state index contributed by atoms with van der Waals surface area (Å²) in [6.45, 7) is 1.27. The van der Waals surface area contributed by atoms with Crippen molar-refractivity contribution in [3.63, 3.8) is 0 Å². The third-order valence-electron chi connectivity index (χ3n) is 5.18. The predicted molar refractivity (Wildman–Crippen MR) is 127 cm³/mol. The van der Waals surface area contributed by atoms with Gasteiger partial charge in [-0.05, 0) is 43.3 Å². The summed E-state index contributed by atoms with van der Waals surface area (Å²) in [5, 5.41) is 3.33. The molecule has 8 nitrogen and oxygen atoms in total. The molecule has 0 fully saturated rings. The topological polar surface area (TPSA) is 102 Å². The van der Waals surface area contributed by atoms with E-state index in [-0.39, 0.29) is 18.0 Å². The van der Waals surface area contributed by atoms with E-state index in [4.69, 9.17) is 9.15 Å². The van der Waals surface area contributed by atoms with Gasteiger partial charge in [-0.15, -0.1) is 0 Å². The van der Waals surface area contributed by atoms with Gasteiger partial charge in [-0.1, -0.05) is 35.9 Å². The number of nitrogens with zero attached hydrogens (tertiary/aromatic N) is 2. The average Bonchev–Trinajstić information content (AvgIpc) is 3.38. The Kier molecular flexibility index (Phi) is 6.68. The number of carbonyl (C=O) groups is 3. The lowest BCUT2D eigenvalue weighted by Gasteiger charge is -2.17. The summed E-state index contributed by atoms with van der Waals surface area (Å²) in [6, 6.07) is 19.5. The molecule has 2 amide bonds. The molecule has 0 unspecified atom stereocenters. The van der Waals surface area contributed by atoms with Gasteiger partial charge in [0.15, 0.2) is 12.4 Å². The molecule has 8 heteroatoms. The van der Waals surface area contributed by atoms with E-state index in [0.717, 1.165) is 5.56 Å². The number of carbonyl (C=O) groups excluding carboxylic acids is 3. The van der Waals surface area contributed by atoms with Gasteiger partial charge in [0.2, 0.25) is 5.91 Å². The van der Waals surface area contributed by atoms with Gasteiger partial charge >= 0.3 is 5.97 Å². The molecule has 0 aliphatic carbocycles. The maximum absolute atomic E-state index is 12.9. The van der Waals surface area contributed by atoms with Crippen LogP contribution in [0.2, 0.25) is 0 Å². The third kappa shape index (κ3) is 5.29. The fraction of sp³-hybridized carbons (Fsp3) is 0.154. The molecule has 0 spiro atoms. The van der Waals surface area contributed by atoms with E-state index in [9.17, 15) is 14.4 Å². The second-order valence-corrected chi connectivity index (χ2v) is 7.79. The largest absolute Gasteiger partial charge is 0.463 e. The summed E-state index contributed by atoms with van der Waals surface area (Å²) < 4.78 is 10.7. The van der Waals surface area contributed by atoms with Crippen molar-refractivity contribution in [2.24, 2.45) is 0 Å². The zero-order valence-electron chi connectivity index (χ0n) is 18.8. The fourth-order valence-corrected chi connectivity index (χ4v) is 3.35. The highest BCUT2D eigenvalue weighted by Crippen LogP contribution is 2.25. The standard InChI is InChI=1S/C26H23N3O5/c1-17-9-11-18(12-10-17)27-24(30)15-29(2)25(31)16-34-26(32)20-14-22(23-8-5-13-33-23)28-21-7-4-3-6-19(20)21/h3-14H,15-16H2,1-2H3,(H,27,30). The van der Waals surface area contributed by atoms with Crippen molar-refractivity contribution in [3.05, 3.63) is 84.1 Å². The lowest BCUT2D eigenvalue weighted by molar-refractivity contribution is -0.136. The van der Waals surface area contributed by atoms with E-state index in [0.29, 0.717) is 28.0 Å². The lowest BCUT2D eigenvalue weighted by atomic mass is 10.1. The number of anilines is 1. The van der Waals surface area contributed by atoms with Crippen molar-refractivity contribution >= 4 is 34.4 Å². The number of hydrogen-bond donors (Lipinski definition) is 1. The Hall–Kier alpha value is -4.46. The number of para-hydroxylation sites is 1. The Morgan fingerprint density at radius 1 is 1.03 bits per heavy atom.